The quantitative estimate of drug-likeness (QED) is 0.469. The molecule has 0 radical (unpaired) electrons. The van der Waals surface area contributed by atoms with Crippen molar-refractivity contribution in [2.24, 2.45) is 0 Å². The molecule has 0 heterocycles. The Morgan fingerprint density at radius 2 is 1.33 bits per heavy atom. The first kappa shape index (κ1) is 23.1. The second-order valence-electron chi connectivity index (χ2n) is 7.01. The first-order valence-electron chi connectivity index (χ1n) is 9.64. The third kappa shape index (κ3) is 6.56. The number of hydrogen-bond acceptors (Lipinski definition) is 3. The molecule has 0 aliphatic rings. The van der Waals surface area contributed by atoms with Crippen LogP contribution in [0, 0.1) is 0 Å². The van der Waals surface area contributed by atoms with Gasteiger partial charge >= 0.3 is 0 Å². The molecule has 0 aliphatic carbocycles. The minimum Gasteiger partial charge on any atom is -0.394 e. The Kier molecular flexibility index (Phi) is 12.0. The van der Waals surface area contributed by atoms with Gasteiger partial charge in [0.2, 0.25) is 5.91 Å². The number of aliphatic hydroxyl groups excluding tert-OH is 2. The van der Waals surface area contributed by atoms with Gasteiger partial charge in [-0.25, -0.2) is 0 Å². The molecular weight excluding hydrogens is 302 g/mol. The Morgan fingerprint density at radius 3 is 1.58 bits per heavy atom. The minimum atomic E-state index is -0.556. The van der Waals surface area contributed by atoms with E-state index in [1.165, 1.54) is 0 Å². The highest BCUT2D eigenvalue weighted by molar-refractivity contribution is 5.93. The average molecular weight is 342 g/mol. The average Bonchev–Trinajstić information content (AvgIpc) is 2.59. The maximum absolute atomic E-state index is 12.9. The molecule has 0 atom stereocenters. The number of hydrogen-bond donors (Lipinski definition) is 2. The highest BCUT2D eigenvalue weighted by atomic mass is 16.3. The maximum atomic E-state index is 12.9. The van der Waals surface area contributed by atoms with Gasteiger partial charge in [0.1, 0.15) is 0 Å². The molecule has 2 N–H and O–H groups in total. The van der Waals surface area contributed by atoms with Gasteiger partial charge in [0.25, 0.3) is 0 Å². The van der Waals surface area contributed by atoms with Gasteiger partial charge in [-0.3, -0.25) is 4.79 Å². The van der Waals surface area contributed by atoms with E-state index < -0.39 is 6.04 Å². The Labute approximate surface area is 148 Å². The van der Waals surface area contributed by atoms with Crippen molar-refractivity contribution in [2.45, 2.75) is 97.1 Å². The summed E-state index contributed by atoms with van der Waals surface area (Å²) in [6, 6.07) is -0.556. The minimum absolute atomic E-state index is 0.133. The molecule has 0 spiro atoms. The van der Waals surface area contributed by atoms with Crippen LogP contribution >= 0.6 is 0 Å². The lowest BCUT2D eigenvalue weighted by Crippen LogP contribution is -2.59. The van der Waals surface area contributed by atoms with Crippen molar-refractivity contribution in [1.82, 2.24) is 4.90 Å². The molecule has 0 aromatic rings. The summed E-state index contributed by atoms with van der Waals surface area (Å²) < 4.78 is 0. The van der Waals surface area contributed by atoms with Gasteiger partial charge in [-0.15, -0.1) is 0 Å². The van der Waals surface area contributed by atoms with Crippen molar-refractivity contribution >= 4 is 5.91 Å². The lowest BCUT2D eigenvalue weighted by molar-refractivity contribution is -0.142. The highest BCUT2D eigenvalue weighted by Crippen LogP contribution is 2.36. The summed E-state index contributed by atoms with van der Waals surface area (Å²) >= 11 is 0. The molecule has 0 aliphatic heterocycles. The normalized spacial score (nSPS) is 11.8. The van der Waals surface area contributed by atoms with Crippen LogP contribution in [0.15, 0.2) is 12.2 Å². The van der Waals surface area contributed by atoms with Crippen molar-refractivity contribution in [3.05, 3.63) is 12.2 Å². The summed E-state index contributed by atoms with van der Waals surface area (Å²) in [6.45, 7) is 11.6. The Hall–Kier alpha value is -0.870. The van der Waals surface area contributed by atoms with Gasteiger partial charge in [0, 0.05) is 11.1 Å². The predicted octanol–water partition coefficient (Wildman–Crippen LogP) is 4.05. The molecule has 0 saturated heterocycles. The lowest BCUT2D eigenvalue weighted by Gasteiger charge is -2.48. The number of aliphatic hydroxyl groups is 2. The van der Waals surface area contributed by atoms with Crippen molar-refractivity contribution in [3.63, 3.8) is 0 Å². The van der Waals surface area contributed by atoms with Crippen LogP contribution in [0.4, 0.5) is 0 Å². The summed E-state index contributed by atoms with van der Waals surface area (Å²) in [5.41, 5.74) is 0.171. The molecule has 4 heteroatoms. The second kappa shape index (κ2) is 12.5. The summed E-state index contributed by atoms with van der Waals surface area (Å²) in [4.78, 5) is 14.7. The Balaban J connectivity index is 5.94. The molecule has 142 valence electrons. The summed E-state index contributed by atoms with van der Waals surface area (Å²) in [6.07, 6.45) is 9.07. The topological polar surface area (TPSA) is 60.8 Å². The Morgan fingerprint density at radius 1 is 0.958 bits per heavy atom. The van der Waals surface area contributed by atoms with E-state index >= 15 is 0 Å². The fourth-order valence-electron chi connectivity index (χ4n) is 3.45. The molecule has 0 saturated carbocycles. The smallest absolute Gasteiger partial charge is 0.249 e. The van der Waals surface area contributed by atoms with Crippen molar-refractivity contribution in [3.8, 4) is 0 Å². The zero-order valence-corrected chi connectivity index (χ0v) is 16.3. The molecule has 24 heavy (non-hydrogen) atoms. The van der Waals surface area contributed by atoms with Crippen LogP contribution < -0.4 is 0 Å². The van der Waals surface area contributed by atoms with Crippen molar-refractivity contribution in [1.29, 1.82) is 0 Å². The van der Waals surface area contributed by atoms with E-state index in [2.05, 4.69) is 27.4 Å². The van der Waals surface area contributed by atoms with Gasteiger partial charge in [0.15, 0.2) is 0 Å². The van der Waals surface area contributed by atoms with Gasteiger partial charge in [-0.05, 0) is 26.2 Å². The molecular formula is C20H39NO3. The maximum Gasteiger partial charge on any atom is 0.249 e. The summed E-state index contributed by atoms with van der Waals surface area (Å²) in [5.74, 6) is -0.133. The second-order valence-corrected chi connectivity index (χ2v) is 7.01. The van der Waals surface area contributed by atoms with Crippen LogP contribution in [0.3, 0.4) is 0 Å². The van der Waals surface area contributed by atoms with Crippen LogP contribution in [0.1, 0.15) is 85.5 Å². The number of amides is 1. The van der Waals surface area contributed by atoms with E-state index in [1.54, 1.807) is 11.8 Å². The van der Waals surface area contributed by atoms with Crippen molar-refractivity contribution in [2.75, 3.05) is 13.2 Å². The van der Waals surface area contributed by atoms with Gasteiger partial charge in [0.05, 0.1) is 19.3 Å². The summed E-state index contributed by atoms with van der Waals surface area (Å²) in [5, 5.41) is 19.6. The third-order valence-electron chi connectivity index (χ3n) is 4.87. The monoisotopic (exact) mass is 341 g/mol. The standard InChI is InChI=1S/C20H39NO3/c1-6-9-12-20(13-10-7-2,14-11-8-3)21(18(15-22)16-23)19(24)17(4)5/h18,22-23H,4,6-16H2,1-3,5H3. The van der Waals surface area contributed by atoms with Crippen LogP contribution in [-0.4, -0.2) is 45.8 Å². The van der Waals surface area contributed by atoms with E-state index in [9.17, 15) is 15.0 Å². The molecule has 0 unspecified atom stereocenters. The number of unbranched alkanes of at least 4 members (excludes halogenated alkanes) is 3. The molecule has 0 fully saturated rings. The lowest BCUT2D eigenvalue weighted by atomic mass is 9.79. The first-order chi connectivity index (χ1) is 11.4. The largest absolute Gasteiger partial charge is 0.394 e. The molecule has 4 nitrogen and oxygen atoms in total. The van der Waals surface area contributed by atoms with Crippen molar-refractivity contribution < 1.29 is 15.0 Å². The highest BCUT2D eigenvalue weighted by Gasteiger charge is 2.41. The fourth-order valence-corrected chi connectivity index (χ4v) is 3.45. The Bertz CT molecular complexity index is 342. The van der Waals surface area contributed by atoms with Crippen LogP contribution in [0.2, 0.25) is 0 Å². The van der Waals surface area contributed by atoms with E-state index in [1.807, 2.05) is 0 Å². The van der Waals surface area contributed by atoms with Gasteiger partial charge < -0.3 is 15.1 Å². The van der Waals surface area contributed by atoms with Gasteiger partial charge in [-0.1, -0.05) is 65.9 Å². The van der Waals surface area contributed by atoms with E-state index in [0.717, 1.165) is 57.8 Å². The van der Waals surface area contributed by atoms with E-state index in [4.69, 9.17) is 0 Å². The molecule has 0 aromatic heterocycles. The van der Waals surface area contributed by atoms with Crippen LogP contribution in [0.5, 0.6) is 0 Å². The third-order valence-corrected chi connectivity index (χ3v) is 4.87. The molecule has 0 bridgehead atoms. The zero-order chi connectivity index (χ0) is 18.6. The SMILES string of the molecule is C=C(C)C(=O)N(C(CO)CO)C(CCCC)(CCCC)CCCC. The number of nitrogens with zero attached hydrogens (tertiary/aromatic N) is 1. The number of carbonyl (C=O) groups excluding carboxylic acids is 1. The van der Waals surface area contributed by atoms with Crippen LogP contribution in [0.25, 0.3) is 0 Å². The molecule has 0 aromatic carbocycles. The number of carbonyl (C=O) groups is 1. The first-order valence-corrected chi connectivity index (χ1v) is 9.64. The van der Waals surface area contributed by atoms with E-state index in [0.29, 0.717) is 5.57 Å². The number of rotatable bonds is 14. The zero-order valence-electron chi connectivity index (χ0n) is 16.3. The summed E-state index contributed by atoms with van der Waals surface area (Å²) in [7, 11) is 0. The van der Waals surface area contributed by atoms with E-state index in [-0.39, 0.29) is 24.7 Å². The molecule has 1 amide bonds. The van der Waals surface area contributed by atoms with Crippen LogP contribution in [-0.2, 0) is 4.79 Å². The predicted molar refractivity (Wildman–Crippen MR) is 101 cm³/mol. The molecule has 0 rings (SSSR count). The fraction of sp³-hybridized carbons (Fsp3) is 0.850. The van der Waals surface area contributed by atoms with Gasteiger partial charge in [-0.2, -0.15) is 0 Å².